The second kappa shape index (κ2) is 6.52. The van der Waals surface area contributed by atoms with E-state index in [1.165, 1.54) is 37.9 Å². The minimum atomic E-state index is 0.299. The summed E-state index contributed by atoms with van der Waals surface area (Å²) < 4.78 is 1.03. The predicted octanol–water partition coefficient (Wildman–Crippen LogP) is 2.01. The van der Waals surface area contributed by atoms with Gasteiger partial charge in [0.15, 0.2) is 0 Å². The molecule has 0 amide bonds. The molecule has 4 nitrogen and oxygen atoms in total. The van der Waals surface area contributed by atoms with Gasteiger partial charge in [-0.1, -0.05) is 0 Å². The Kier molecular flexibility index (Phi) is 4.71. The molecule has 0 bridgehead atoms. The van der Waals surface area contributed by atoms with Crippen molar-refractivity contribution in [1.29, 1.82) is 0 Å². The number of nitrogens with two attached hydrogens (primary N) is 1. The molecule has 3 heterocycles. The number of rotatable bonds is 4. The number of halogens is 1. The number of hydrogen-bond acceptors (Lipinski definition) is 4. The summed E-state index contributed by atoms with van der Waals surface area (Å²) >= 11 is 3.50. The average molecular weight is 339 g/mol. The van der Waals surface area contributed by atoms with Gasteiger partial charge in [0.1, 0.15) is 0 Å². The van der Waals surface area contributed by atoms with Crippen LogP contribution in [0, 0.1) is 0 Å². The fraction of sp³-hybridized carbons (Fsp3) is 0.667. The number of pyridine rings is 1. The molecule has 0 saturated carbocycles. The normalized spacial score (nSPS) is 26.2. The van der Waals surface area contributed by atoms with Crippen molar-refractivity contribution in [3.63, 3.8) is 0 Å². The lowest BCUT2D eigenvalue weighted by atomic mass is 10.1. The van der Waals surface area contributed by atoms with Gasteiger partial charge < -0.3 is 5.73 Å². The molecule has 110 valence electrons. The molecule has 0 spiro atoms. The van der Waals surface area contributed by atoms with Crippen LogP contribution in [0.2, 0.25) is 0 Å². The molecule has 2 saturated heterocycles. The number of likely N-dealkylation sites (tertiary alicyclic amines) is 2. The Labute approximate surface area is 129 Å². The van der Waals surface area contributed by atoms with Crippen molar-refractivity contribution in [3.8, 4) is 0 Å². The largest absolute Gasteiger partial charge is 0.329 e. The zero-order valence-electron chi connectivity index (χ0n) is 11.8. The average Bonchev–Trinajstić information content (AvgIpc) is 3.10. The van der Waals surface area contributed by atoms with Gasteiger partial charge in [0.05, 0.1) is 0 Å². The Morgan fingerprint density at radius 3 is 2.80 bits per heavy atom. The molecule has 0 aliphatic carbocycles. The van der Waals surface area contributed by atoms with Gasteiger partial charge >= 0.3 is 0 Å². The van der Waals surface area contributed by atoms with E-state index in [2.05, 4.69) is 36.8 Å². The minimum Gasteiger partial charge on any atom is -0.329 e. The van der Waals surface area contributed by atoms with Crippen LogP contribution >= 0.6 is 15.9 Å². The first-order chi connectivity index (χ1) is 9.78. The molecule has 2 aliphatic heterocycles. The van der Waals surface area contributed by atoms with Gasteiger partial charge in [0.25, 0.3) is 0 Å². The fourth-order valence-electron chi connectivity index (χ4n) is 3.56. The molecule has 2 atom stereocenters. The summed E-state index contributed by atoms with van der Waals surface area (Å²) in [6, 6.07) is 3.17. The van der Waals surface area contributed by atoms with Crippen LogP contribution in [0.3, 0.4) is 0 Å². The highest BCUT2D eigenvalue weighted by Crippen LogP contribution is 2.28. The van der Waals surface area contributed by atoms with Crippen LogP contribution in [0.25, 0.3) is 0 Å². The molecule has 2 N–H and O–H groups in total. The van der Waals surface area contributed by atoms with Crippen LogP contribution in [-0.4, -0.2) is 53.5 Å². The van der Waals surface area contributed by atoms with Crippen LogP contribution < -0.4 is 5.73 Å². The van der Waals surface area contributed by atoms with E-state index in [4.69, 9.17) is 5.73 Å². The molecule has 2 fully saturated rings. The summed E-state index contributed by atoms with van der Waals surface area (Å²) in [5, 5.41) is 0. The third kappa shape index (κ3) is 3.06. The molecular weight excluding hydrogens is 316 g/mol. The lowest BCUT2D eigenvalue weighted by Crippen LogP contribution is -2.38. The summed E-state index contributed by atoms with van der Waals surface area (Å²) in [5.41, 5.74) is 7.26. The van der Waals surface area contributed by atoms with Crippen LogP contribution in [0.15, 0.2) is 22.9 Å². The van der Waals surface area contributed by atoms with Gasteiger partial charge in [0, 0.05) is 48.6 Å². The van der Waals surface area contributed by atoms with Gasteiger partial charge in [-0.05, 0) is 59.9 Å². The van der Waals surface area contributed by atoms with E-state index in [0.29, 0.717) is 12.6 Å². The van der Waals surface area contributed by atoms with Crippen molar-refractivity contribution in [2.75, 3.05) is 32.7 Å². The lowest BCUT2D eigenvalue weighted by molar-refractivity contribution is 0.202. The van der Waals surface area contributed by atoms with E-state index in [1.807, 2.05) is 12.4 Å². The fourth-order valence-corrected chi connectivity index (χ4v) is 3.95. The van der Waals surface area contributed by atoms with E-state index in [9.17, 15) is 0 Å². The summed E-state index contributed by atoms with van der Waals surface area (Å²) in [4.78, 5) is 9.48. The molecule has 20 heavy (non-hydrogen) atoms. The van der Waals surface area contributed by atoms with Crippen molar-refractivity contribution >= 4 is 15.9 Å². The van der Waals surface area contributed by atoms with Gasteiger partial charge in [0.2, 0.25) is 0 Å². The molecule has 1 aromatic rings. The quantitative estimate of drug-likeness (QED) is 0.912. The summed E-state index contributed by atoms with van der Waals surface area (Å²) in [5.74, 6) is 0. The van der Waals surface area contributed by atoms with Crippen molar-refractivity contribution in [2.24, 2.45) is 5.73 Å². The molecule has 2 aliphatic rings. The Balaban J connectivity index is 1.68. The predicted molar refractivity (Wildman–Crippen MR) is 84.5 cm³/mol. The highest BCUT2D eigenvalue weighted by molar-refractivity contribution is 9.10. The second-order valence-electron chi connectivity index (χ2n) is 5.87. The number of aromatic nitrogens is 1. The zero-order chi connectivity index (χ0) is 13.9. The SMILES string of the molecule is NCC(c1cncc(Br)c1)N1CCC(N2CCCC2)C1. The van der Waals surface area contributed by atoms with Crippen LogP contribution in [0.4, 0.5) is 0 Å². The summed E-state index contributed by atoms with van der Waals surface area (Å²) in [6.07, 6.45) is 7.79. The van der Waals surface area contributed by atoms with Crippen molar-refractivity contribution < 1.29 is 0 Å². The van der Waals surface area contributed by atoms with Gasteiger partial charge in [-0.25, -0.2) is 0 Å². The molecule has 1 aromatic heterocycles. The van der Waals surface area contributed by atoms with Crippen LogP contribution in [0.1, 0.15) is 30.9 Å². The third-order valence-electron chi connectivity index (χ3n) is 4.63. The zero-order valence-corrected chi connectivity index (χ0v) is 13.4. The number of hydrogen-bond donors (Lipinski definition) is 1. The van der Waals surface area contributed by atoms with Gasteiger partial charge in [-0.15, -0.1) is 0 Å². The molecule has 5 heteroatoms. The maximum Gasteiger partial charge on any atom is 0.0486 e. The van der Waals surface area contributed by atoms with E-state index in [0.717, 1.165) is 23.6 Å². The van der Waals surface area contributed by atoms with E-state index < -0.39 is 0 Å². The highest BCUT2D eigenvalue weighted by Gasteiger charge is 2.32. The lowest BCUT2D eigenvalue weighted by Gasteiger charge is -2.29. The van der Waals surface area contributed by atoms with Gasteiger partial charge in [-0.3, -0.25) is 14.8 Å². The highest BCUT2D eigenvalue weighted by atomic mass is 79.9. The van der Waals surface area contributed by atoms with Crippen molar-refractivity contribution in [3.05, 3.63) is 28.5 Å². The third-order valence-corrected chi connectivity index (χ3v) is 5.06. The molecule has 3 rings (SSSR count). The van der Waals surface area contributed by atoms with Crippen LogP contribution in [-0.2, 0) is 0 Å². The Hall–Kier alpha value is -0.490. The first-order valence-electron chi connectivity index (χ1n) is 7.56. The number of nitrogens with zero attached hydrogens (tertiary/aromatic N) is 3. The summed E-state index contributed by atoms with van der Waals surface area (Å²) in [6.45, 7) is 5.52. The monoisotopic (exact) mass is 338 g/mol. The Bertz CT molecular complexity index is 447. The van der Waals surface area contributed by atoms with Crippen molar-refractivity contribution in [1.82, 2.24) is 14.8 Å². The second-order valence-corrected chi connectivity index (χ2v) is 6.78. The summed E-state index contributed by atoms with van der Waals surface area (Å²) in [7, 11) is 0. The Morgan fingerprint density at radius 2 is 2.10 bits per heavy atom. The standard InChI is InChI=1S/C15H23BrN4/c16-13-7-12(9-18-10-13)15(8-17)20-6-3-14(11-20)19-4-1-2-5-19/h7,9-10,14-15H,1-6,8,11,17H2. The molecule has 0 aromatic carbocycles. The first kappa shape index (κ1) is 14.4. The molecule has 0 radical (unpaired) electrons. The van der Waals surface area contributed by atoms with Gasteiger partial charge in [-0.2, -0.15) is 0 Å². The first-order valence-corrected chi connectivity index (χ1v) is 8.36. The Morgan fingerprint density at radius 1 is 1.30 bits per heavy atom. The topological polar surface area (TPSA) is 45.4 Å². The molecular formula is C15H23BrN4. The van der Waals surface area contributed by atoms with E-state index >= 15 is 0 Å². The van der Waals surface area contributed by atoms with Crippen LogP contribution in [0.5, 0.6) is 0 Å². The molecule has 2 unspecified atom stereocenters. The smallest absolute Gasteiger partial charge is 0.0486 e. The van der Waals surface area contributed by atoms with E-state index in [-0.39, 0.29) is 0 Å². The minimum absolute atomic E-state index is 0.299. The maximum absolute atomic E-state index is 6.04. The van der Waals surface area contributed by atoms with E-state index in [1.54, 1.807) is 0 Å². The maximum atomic E-state index is 6.04. The van der Waals surface area contributed by atoms with Crippen molar-refractivity contribution in [2.45, 2.75) is 31.3 Å².